The van der Waals surface area contributed by atoms with E-state index in [0.29, 0.717) is 31.2 Å². The first kappa shape index (κ1) is 26.7. The maximum absolute atomic E-state index is 15.1. The lowest BCUT2D eigenvalue weighted by atomic mass is 9.78. The van der Waals surface area contributed by atoms with Crippen LogP contribution in [0.3, 0.4) is 0 Å². The number of benzene rings is 3. The maximum Gasteiger partial charge on any atom is 0.314 e. The SMILES string of the molecule is CCCc1ccc(-c2ccc(C3CCC(C(=O)Oc4ccc(OCC)c(F)c4F)CC3)c(F)c2F)cc1. The molecule has 1 aliphatic carbocycles. The van der Waals surface area contributed by atoms with Gasteiger partial charge in [0.2, 0.25) is 11.6 Å². The van der Waals surface area contributed by atoms with E-state index in [9.17, 15) is 13.6 Å². The van der Waals surface area contributed by atoms with E-state index in [0.717, 1.165) is 24.5 Å². The van der Waals surface area contributed by atoms with Crippen LogP contribution in [0.4, 0.5) is 17.6 Å². The number of hydrogen-bond acceptors (Lipinski definition) is 3. The van der Waals surface area contributed by atoms with Gasteiger partial charge >= 0.3 is 5.97 Å². The van der Waals surface area contributed by atoms with Gasteiger partial charge in [-0.05, 0) is 73.8 Å². The average Bonchev–Trinajstić information content (AvgIpc) is 2.91. The monoisotopic (exact) mass is 514 g/mol. The molecule has 0 aliphatic heterocycles. The zero-order chi connectivity index (χ0) is 26.5. The topological polar surface area (TPSA) is 35.5 Å². The number of carbonyl (C=O) groups is 1. The highest BCUT2D eigenvalue weighted by Gasteiger charge is 2.31. The maximum atomic E-state index is 15.1. The van der Waals surface area contributed by atoms with Crippen LogP contribution in [-0.4, -0.2) is 12.6 Å². The molecule has 0 bridgehead atoms. The summed E-state index contributed by atoms with van der Waals surface area (Å²) in [7, 11) is 0. The second-order valence-corrected chi connectivity index (χ2v) is 9.37. The van der Waals surface area contributed by atoms with Gasteiger partial charge in [-0.25, -0.2) is 8.78 Å². The summed E-state index contributed by atoms with van der Waals surface area (Å²) < 4.78 is 68.6. The molecule has 1 fully saturated rings. The van der Waals surface area contributed by atoms with E-state index in [1.165, 1.54) is 6.07 Å². The standard InChI is InChI=1S/C30H30F4O3/c1-3-5-18-6-8-19(9-7-18)22-14-15-23(27(32)26(22)31)20-10-12-21(13-11-20)30(35)37-25-17-16-24(36-4-2)28(33)29(25)34/h6-9,14-17,20-21H,3-5,10-13H2,1-2H3. The Morgan fingerprint density at radius 2 is 1.43 bits per heavy atom. The molecule has 196 valence electrons. The molecule has 0 atom stereocenters. The lowest BCUT2D eigenvalue weighted by Crippen LogP contribution is -2.26. The number of hydrogen-bond donors (Lipinski definition) is 0. The summed E-state index contributed by atoms with van der Waals surface area (Å²) >= 11 is 0. The summed E-state index contributed by atoms with van der Waals surface area (Å²) in [6.45, 7) is 3.89. The lowest BCUT2D eigenvalue weighted by Gasteiger charge is -2.28. The summed E-state index contributed by atoms with van der Waals surface area (Å²) in [6, 6.07) is 13.1. The molecule has 7 heteroatoms. The molecule has 3 aromatic rings. The van der Waals surface area contributed by atoms with Crippen molar-refractivity contribution in [3.05, 3.63) is 82.9 Å². The molecule has 0 spiro atoms. The van der Waals surface area contributed by atoms with Gasteiger partial charge in [-0.15, -0.1) is 0 Å². The van der Waals surface area contributed by atoms with Gasteiger partial charge in [-0.3, -0.25) is 4.79 Å². The van der Waals surface area contributed by atoms with Gasteiger partial charge in [0, 0.05) is 5.56 Å². The Labute approximate surface area is 214 Å². The van der Waals surface area contributed by atoms with E-state index in [2.05, 4.69) is 6.92 Å². The molecule has 0 unspecified atom stereocenters. The predicted molar refractivity (Wildman–Crippen MR) is 134 cm³/mol. The van der Waals surface area contributed by atoms with Crippen LogP contribution in [0.15, 0.2) is 48.5 Å². The number of aryl methyl sites for hydroxylation is 1. The third kappa shape index (κ3) is 5.81. The molecule has 37 heavy (non-hydrogen) atoms. The molecule has 1 aliphatic rings. The van der Waals surface area contributed by atoms with Crippen LogP contribution in [0.2, 0.25) is 0 Å². The summed E-state index contributed by atoms with van der Waals surface area (Å²) in [5.41, 5.74) is 2.27. The zero-order valence-corrected chi connectivity index (χ0v) is 21.0. The minimum absolute atomic E-state index is 0.165. The molecule has 0 saturated heterocycles. The first-order valence-electron chi connectivity index (χ1n) is 12.7. The van der Waals surface area contributed by atoms with Gasteiger partial charge in [0.1, 0.15) is 0 Å². The number of halogens is 4. The fourth-order valence-corrected chi connectivity index (χ4v) is 4.93. The van der Waals surface area contributed by atoms with Gasteiger partial charge in [0.05, 0.1) is 12.5 Å². The minimum Gasteiger partial charge on any atom is -0.491 e. The highest BCUT2D eigenvalue weighted by molar-refractivity contribution is 5.75. The highest BCUT2D eigenvalue weighted by Crippen LogP contribution is 2.40. The summed E-state index contributed by atoms with van der Waals surface area (Å²) in [6.07, 6.45) is 3.56. The zero-order valence-electron chi connectivity index (χ0n) is 21.0. The van der Waals surface area contributed by atoms with Crippen LogP contribution in [-0.2, 0) is 11.2 Å². The van der Waals surface area contributed by atoms with Crippen molar-refractivity contribution in [1.29, 1.82) is 0 Å². The fourth-order valence-electron chi connectivity index (χ4n) is 4.93. The highest BCUT2D eigenvalue weighted by atomic mass is 19.2. The van der Waals surface area contributed by atoms with E-state index in [1.54, 1.807) is 31.2 Å². The molecule has 1 saturated carbocycles. The van der Waals surface area contributed by atoms with E-state index in [1.807, 2.05) is 12.1 Å². The van der Waals surface area contributed by atoms with Crippen LogP contribution in [0.1, 0.15) is 63.0 Å². The van der Waals surface area contributed by atoms with Gasteiger partial charge < -0.3 is 9.47 Å². The van der Waals surface area contributed by atoms with Crippen molar-refractivity contribution in [2.75, 3.05) is 6.61 Å². The second-order valence-electron chi connectivity index (χ2n) is 9.37. The molecule has 0 radical (unpaired) electrons. The van der Waals surface area contributed by atoms with Crippen LogP contribution < -0.4 is 9.47 Å². The Balaban J connectivity index is 1.40. The van der Waals surface area contributed by atoms with Crippen molar-refractivity contribution in [2.24, 2.45) is 5.92 Å². The Morgan fingerprint density at radius 1 is 0.784 bits per heavy atom. The average molecular weight is 515 g/mol. The second kappa shape index (κ2) is 11.8. The van der Waals surface area contributed by atoms with Crippen molar-refractivity contribution >= 4 is 5.97 Å². The van der Waals surface area contributed by atoms with Crippen LogP contribution >= 0.6 is 0 Å². The van der Waals surface area contributed by atoms with Gasteiger partial charge in [-0.1, -0.05) is 49.7 Å². The Morgan fingerprint density at radius 3 is 2.08 bits per heavy atom. The summed E-state index contributed by atoms with van der Waals surface area (Å²) in [4.78, 5) is 12.6. The van der Waals surface area contributed by atoms with Gasteiger partial charge in [0.15, 0.2) is 23.1 Å². The minimum atomic E-state index is -1.29. The molecule has 3 aromatic carbocycles. The van der Waals surface area contributed by atoms with E-state index in [4.69, 9.17) is 9.47 Å². The number of carbonyl (C=O) groups excluding carboxylic acids is 1. The largest absolute Gasteiger partial charge is 0.491 e. The molecule has 0 aromatic heterocycles. The lowest BCUT2D eigenvalue weighted by molar-refractivity contribution is -0.140. The Hall–Kier alpha value is -3.35. The van der Waals surface area contributed by atoms with Gasteiger partial charge in [-0.2, -0.15) is 8.78 Å². The molecular formula is C30H30F4O3. The van der Waals surface area contributed by atoms with Gasteiger partial charge in [0.25, 0.3) is 0 Å². The molecular weight excluding hydrogens is 484 g/mol. The first-order chi connectivity index (χ1) is 17.8. The van der Waals surface area contributed by atoms with E-state index in [-0.39, 0.29) is 29.4 Å². The quantitative estimate of drug-likeness (QED) is 0.173. The first-order valence-corrected chi connectivity index (χ1v) is 12.7. The van der Waals surface area contributed by atoms with Crippen molar-refractivity contribution in [3.63, 3.8) is 0 Å². The third-order valence-corrected chi connectivity index (χ3v) is 6.94. The predicted octanol–water partition coefficient (Wildman–Crippen LogP) is 8.14. The normalized spacial score (nSPS) is 17.5. The molecule has 0 N–H and O–H groups in total. The molecule has 4 rings (SSSR count). The summed E-state index contributed by atoms with van der Waals surface area (Å²) in [5.74, 6) is -6.47. The van der Waals surface area contributed by atoms with Crippen molar-refractivity contribution < 1.29 is 31.8 Å². The van der Waals surface area contributed by atoms with E-state index < -0.39 is 40.9 Å². The third-order valence-electron chi connectivity index (χ3n) is 6.94. The van der Waals surface area contributed by atoms with Crippen molar-refractivity contribution in [1.82, 2.24) is 0 Å². The fraction of sp³-hybridized carbons (Fsp3) is 0.367. The Bertz CT molecular complexity index is 1250. The molecule has 0 amide bonds. The smallest absolute Gasteiger partial charge is 0.314 e. The van der Waals surface area contributed by atoms with E-state index >= 15 is 8.78 Å². The van der Waals surface area contributed by atoms with Crippen LogP contribution in [0, 0.1) is 29.2 Å². The van der Waals surface area contributed by atoms with Crippen molar-refractivity contribution in [2.45, 2.75) is 58.3 Å². The number of ether oxygens (including phenoxy) is 2. The number of rotatable bonds is 8. The van der Waals surface area contributed by atoms with Crippen molar-refractivity contribution in [3.8, 4) is 22.6 Å². The Kier molecular flexibility index (Phi) is 8.52. The molecule has 0 heterocycles. The van der Waals surface area contributed by atoms with Crippen LogP contribution in [0.5, 0.6) is 11.5 Å². The number of esters is 1. The molecule has 3 nitrogen and oxygen atoms in total. The summed E-state index contributed by atoms with van der Waals surface area (Å²) in [5, 5.41) is 0. The van der Waals surface area contributed by atoms with Crippen LogP contribution in [0.25, 0.3) is 11.1 Å².